The number of amides is 2. The molecule has 2 amide bonds. The predicted octanol–water partition coefficient (Wildman–Crippen LogP) is 2.42. The molecular formula is C17H21N5O2. The number of rotatable bonds is 7. The molecule has 0 aliphatic heterocycles. The van der Waals surface area contributed by atoms with Gasteiger partial charge in [0.15, 0.2) is 5.82 Å². The smallest absolute Gasteiger partial charge is 0.320 e. The van der Waals surface area contributed by atoms with Crippen molar-refractivity contribution in [3.8, 4) is 5.75 Å². The topological polar surface area (TPSA) is 88.2 Å². The third kappa shape index (κ3) is 4.84. The summed E-state index contributed by atoms with van der Waals surface area (Å²) in [5.41, 5.74) is 1.21. The van der Waals surface area contributed by atoms with Gasteiger partial charge < -0.3 is 15.4 Å². The molecule has 7 heteroatoms. The maximum absolute atomic E-state index is 11.6. The standard InChI is InChI=1S/C17H21N5O2/c1-24-14-6-2-12(3-7-14)10-11-18-15-8-9-16(22-21-15)20-17(23)19-13-4-5-13/h2-3,6-9,13H,4-5,10-11H2,1H3,(H,18,21)(H2,19,20,22,23). The molecule has 1 aliphatic carbocycles. The first-order chi connectivity index (χ1) is 11.7. The van der Waals surface area contributed by atoms with E-state index in [1.807, 2.05) is 24.3 Å². The van der Waals surface area contributed by atoms with Gasteiger partial charge in [-0.15, -0.1) is 10.2 Å². The fourth-order valence-corrected chi connectivity index (χ4v) is 2.19. The lowest BCUT2D eigenvalue weighted by atomic mass is 10.1. The third-order valence-corrected chi connectivity index (χ3v) is 3.70. The number of anilines is 2. The number of methoxy groups -OCH3 is 1. The first-order valence-electron chi connectivity index (χ1n) is 8.01. The Kier molecular flexibility index (Phi) is 5.10. The fraction of sp³-hybridized carbons (Fsp3) is 0.353. The van der Waals surface area contributed by atoms with Gasteiger partial charge in [0.25, 0.3) is 0 Å². The van der Waals surface area contributed by atoms with Crippen LogP contribution in [-0.2, 0) is 6.42 Å². The van der Waals surface area contributed by atoms with Crippen LogP contribution in [0.5, 0.6) is 5.75 Å². The Morgan fingerprint density at radius 3 is 2.46 bits per heavy atom. The minimum Gasteiger partial charge on any atom is -0.497 e. The number of hydrogen-bond donors (Lipinski definition) is 3. The van der Waals surface area contributed by atoms with Gasteiger partial charge in [0, 0.05) is 12.6 Å². The van der Waals surface area contributed by atoms with Crippen LogP contribution in [0.2, 0.25) is 0 Å². The van der Waals surface area contributed by atoms with E-state index in [1.54, 1.807) is 19.2 Å². The van der Waals surface area contributed by atoms with Crippen LogP contribution in [0, 0.1) is 0 Å². The van der Waals surface area contributed by atoms with E-state index in [0.717, 1.165) is 31.6 Å². The minimum atomic E-state index is -0.230. The second-order valence-electron chi connectivity index (χ2n) is 5.70. The number of aromatic nitrogens is 2. The van der Waals surface area contributed by atoms with Crippen LogP contribution in [0.25, 0.3) is 0 Å². The first kappa shape index (κ1) is 16.0. The zero-order valence-corrected chi connectivity index (χ0v) is 13.6. The molecule has 1 aliphatic rings. The van der Waals surface area contributed by atoms with Gasteiger partial charge in [-0.3, -0.25) is 5.32 Å². The van der Waals surface area contributed by atoms with Crippen molar-refractivity contribution in [3.05, 3.63) is 42.0 Å². The highest BCUT2D eigenvalue weighted by Gasteiger charge is 2.23. The zero-order valence-electron chi connectivity index (χ0n) is 13.6. The van der Waals surface area contributed by atoms with Crippen molar-refractivity contribution in [3.63, 3.8) is 0 Å². The van der Waals surface area contributed by atoms with Crippen molar-refractivity contribution in [2.45, 2.75) is 25.3 Å². The van der Waals surface area contributed by atoms with E-state index in [2.05, 4.69) is 26.1 Å². The lowest BCUT2D eigenvalue weighted by molar-refractivity contribution is 0.251. The molecule has 7 nitrogen and oxygen atoms in total. The van der Waals surface area contributed by atoms with E-state index in [9.17, 15) is 4.79 Å². The Labute approximate surface area is 140 Å². The molecule has 0 saturated heterocycles. The summed E-state index contributed by atoms with van der Waals surface area (Å²) in [6, 6.07) is 11.6. The van der Waals surface area contributed by atoms with Crippen LogP contribution in [0.15, 0.2) is 36.4 Å². The summed E-state index contributed by atoms with van der Waals surface area (Å²) in [5.74, 6) is 1.97. The molecule has 3 rings (SSSR count). The number of urea groups is 1. The Morgan fingerprint density at radius 2 is 1.83 bits per heavy atom. The van der Waals surface area contributed by atoms with Gasteiger partial charge in [-0.2, -0.15) is 0 Å². The lowest BCUT2D eigenvalue weighted by Crippen LogP contribution is -2.30. The van der Waals surface area contributed by atoms with Crippen molar-refractivity contribution < 1.29 is 9.53 Å². The van der Waals surface area contributed by atoms with Gasteiger partial charge in [0.05, 0.1) is 7.11 Å². The van der Waals surface area contributed by atoms with E-state index < -0.39 is 0 Å². The Hall–Kier alpha value is -2.83. The normalized spacial score (nSPS) is 13.2. The summed E-state index contributed by atoms with van der Waals surface area (Å²) in [7, 11) is 1.66. The average Bonchev–Trinajstić information content (AvgIpc) is 3.41. The summed E-state index contributed by atoms with van der Waals surface area (Å²) in [6.07, 6.45) is 2.97. The molecule has 0 atom stereocenters. The molecule has 0 spiro atoms. The number of carbonyl (C=O) groups excluding carboxylic acids is 1. The summed E-state index contributed by atoms with van der Waals surface area (Å²) in [6.45, 7) is 0.746. The molecule has 126 valence electrons. The van der Waals surface area contributed by atoms with Crippen LogP contribution < -0.4 is 20.7 Å². The molecule has 1 aromatic heterocycles. The molecule has 24 heavy (non-hydrogen) atoms. The van der Waals surface area contributed by atoms with E-state index in [-0.39, 0.29) is 6.03 Å². The number of ether oxygens (including phenoxy) is 1. The Morgan fingerprint density at radius 1 is 1.12 bits per heavy atom. The lowest BCUT2D eigenvalue weighted by Gasteiger charge is -2.08. The molecule has 0 radical (unpaired) electrons. The molecule has 1 heterocycles. The number of carbonyl (C=O) groups is 1. The Bertz CT molecular complexity index is 668. The summed E-state index contributed by atoms with van der Waals surface area (Å²) in [5, 5.41) is 16.8. The quantitative estimate of drug-likeness (QED) is 0.727. The molecule has 3 N–H and O–H groups in total. The second kappa shape index (κ2) is 7.63. The number of hydrogen-bond acceptors (Lipinski definition) is 5. The summed E-state index contributed by atoms with van der Waals surface area (Å²) >= 11 is 0. The van der Waals surface area contributed by atoms with Crippen LogP contribution >= 0.6 is 0 Å². The maximum Gasteiger partial charge on any atom is 0.320 e. The number of benzene rings is 1. The monoisotopic (exact) mass is 327 g/mol. The van der Waals surface area contributed by atoms with Gasteiger partial charge in [0.1, 0.15) is 11.6 Å². The molecular weight excluding hydrogens is 306 g/mol. The number of nitrogens with one attached hydrogen (secondary N) is 3. The van der Waals surface area contributed by atoms with Crippen molar-refractivity contribution in [2.24, 2.45) is 0 Å². The zero-order chi connectivity index (χ0) is 16.8. The largest absolute Gasteiger partial charge is 0.497 e. The fourth-order valence-electron chi connectivity index (χ4n) is 2.19. The number of nitrogens with zero attached hydrogens (tertiary/aromatic N) is 2. The molecule has 1 fully saturated rings. The minimum absolute atomic E-state index is 0.230. The molecule has 1 saturated carbocycles. The first-order valence-corrected chi connectivity index (χ1v) is 8.01. The highest BCUT2D eigenvalue weighted by molar-refractivity contribution is 5.88. The second-order valence-corrected chi connectivity index (χ2v) is 5.70. The van der Waals surface area contributed by atoms with Crippen molar-refractivity contribution in [1.29, 1.82) is 0 Å². The average molecular weight is 327 g/mol. The van der Waals surface area contributed by atoms with Crippen molar-refractivity contribution in [2.75, 3.05) is 24.3 Å². The summed E-state index contributed by atoms with van der Waals surface area (Å²) in [4.78, 5) is 11.6. The molecule has 1 aromatic carbocycles. The van der Waals surface area contributed by atoms with Crippen LogP contribution in [0.1, 0.15) is 18.4 Å². The van der Waals surface area contributed by atoms with Gasteiger partial charge in [-0.1, -0.05) is 12.1 Å². The van der Waals surface area contributed by atoms with Gasteiger partial charge >= 0.3 is 6.03 Å². The maximum atomic E-state index is 11.6. The van der Waals surface area contributed by atoms with Crippen LogP contribution in [-0.4, -0.2) is 35.9 Å². The van der Waals surface area contributed by atoms with Crippen molar-refractivity contribution >= 4 is 17.7 Å². The van der Waals surface area contributed by atoms with Crippen molar-refractivity contribution in [1.82, 2.24) is 15.5 Å². The molecule has 0 bridgehead atoms. The SMILES string of the molecule is COc1ccc(CCNc2ccc(NC(=O)NC3CC3)nn2)cc1. The van der Waals surface area contributed by atoms with E-state index in [0.29, 0.717) is 17.7 Å². The van der Waals surface area contributed by atoms with Gasteiger partial charge in [0.2, 0.25) is 0 Å². The van der Waals surface area contributed by atoms with Crippen LogP contribution in [0.4, 0.5) is 16.4 Å². The van der Waals surface area contributed by atoms with Crippen LogP contribution in [0.3, 0.4) is 0 Å². The summed E-state index contributed by atoms with van der Waals surface area (Å²) < 4.78 is 5.14. The predicted molar refractivity (Wildman–Crippen MR) is 92.4 cm³/mol. The third-order valence-electron chi connectivity index (χ3n) is 3.70. The van der Waals surface area contributed by atoms with E-state index >= 15 is 0 Å². The van der Waals surface area contributed by atoms with Gasteiger partial charge in [-0.25, -0.2) is 4.79 Å². The van der Waals surface area contributed by atoms with E-state index in [1.165, 1.54) is 5.56 Å². The molecule has 0 unspecified atom stereocenters. The molecule has 2 aromatic rings. The Balaban J connectivity index is 1.42. The highest BCUT2D eigenvalue weighted by atomic mass is 16.5. The van der Waals surface area contributed by atoms with Gasteiger partial charge in [-0.05, 0) is 49.1 Å². The highest BCUT2D eigenvalue weighted by Crippen LogP contribution is 2.18. The van der Waals surface area contributed by atoms with E-state index in [4.69, 9.17) is 4.74 Å².